The van der Waals surface area contributed by atoms with E-state index >= 15 is 0 Å². The molecular weight excluding hydrogens is 653 g/mol. The van der Waals surface area contributed by atoms with Crippen molar-refractivity contribution < 1.29 is 0 Å². The predicted molar refractivity (Wildman–Crippen MR) is 229 cm³/mol. The lowest BCUT2D eigenvalue weighted by molar-refractivity contribution is 0.854. The zero-order chi connectivity index (χ0) is 35.8. The van der Waals surface area contributed by atoms with Crippen LogP contribution in [-0.4, -0.2) is 4.57 Å². The van der Waals surface area contributed by atoms with E-state index in [0.29, 0.717) is 5.92 Å². The standard InChI is InChI=1S/C52H38N2/c1-2-13-37(14-3-1)39-25-28-41(29-26-39)47-19-6-9-22-50(47)53(44-33-31-40(32-34-44)43-30-27-38-15-4-5-16-42(38)35-43)45-17-12-18-46(36-45)54-51-23-10-7-20-48(51)49-21-8-11-24-52(49)54/h1-13,15-37H,14H2. The van der Waals surface area contributed by atoms with E-state index in [-0.39, 0.29) is 0 Å². The van der Waals surface area contributed by atoms with Gasteiger partial charge in [0.1, 0.15) is 0 Å². The van der Waals surface area contributed by atoms with Gasteiger partial charge < -0.3 is 9.47 Å². The lowest BCUT2D eigenvalue weighted by Crippen LogP contribution is -2.12. The number of hydrogen-bond donors (Lipinski definition) is 0. The molecule has 9 aromatic rings. The van der Waals surface area contributed by atoms with Crippen LogP contribution in [0.4, 0.5) is 17.1 Å². The molecule has 1 aliphatic carbocycles. The first kappa shape index (κ1) is 31.8. The Morgan fingerprint density at radius 3 is 1.89 bits per heavy atom. The van der Waals surface area contributed by atoms with Gasteiger partial charge in [0.05, 0.1) is 16.7 Å². The average molecular weight is 691 g/mol. The van der Waals surface area contributed by atoms with Crippen LogP contribution < -0.4 is 4.90 Å². The number of aromatic nitrogens is 1. The minimum Gasteiger partial charge on any atom is -0.310 e. The van der Waals surface area contributed by atoms with Crippen LogP contribution in [0.5, 0.6) is 0 Å². The molecule has 8 aromatic carbocycles. The van der Waals surface area contributed by atoms with Gasteiger partial charge in [0.2, 0.25) is 0 Å². The Morgan fingerprint density at radius 1 is 0.463 bits per heavy atom. The molecule has 0 saturated carbocycles. The summed E-state index contributed by atoms with van der Waals surface area (Å²) in [5.41, 5.74) is 13.0. The van der Waals surface area contributed by atoms with Gasteiger partial charge in [0.25, 0.3) is 0 Å². The molecule has 0 aliphatic heterocycles. The minimum atomic E-state index is 0.417. The summed E-state index contributed by atoms with van der Waals surface area (Å²) in [4.78, 5) is 2.42. The molecule has 1 aliphatic rings. The maximum absolute atomic E-state index is 2.42. The summed E-state index contributed by atoms with van der Waals surface area (Å²) >= 11 is 0. The van der Waals surface area contributed by atoms with E-state index in [1.165, 1.54) is 60.4 Å². The van der Waals surface area contributed by atoms with Crippen molar-refractivity contribution in [3.63, 3.8) is 0 Å². The normalized spacial score (nSPS) is 13.9. The van der Waals surface area contributed by atoms with Crippen molar-refractivity contribution in [2.45, 2.75) is 12.3 Å². The molecule has 0 amide bonds. The molecule has 0 N–H and O–H groups in total. The van der Waals surface area contributed by atoms with Crippen molar-refractivity contribution in [1.82, 2.24) is 4.57 Å². The average Bonchev–Trinajstić information content (AvgIpc) is 3.59. The number of hydrogen-bond acceptors (Lipinski definition) is 1. The van der Waals surface area contributed by atoms with E-state index in [9.17, 15) is 0 Å². The lowest BCUT2D eigenvalue weighted by atomic mass is 9.91. The Kier molecular flexibility index (Phi) is 8.00. The summed E-state index contributed by atoms with van der Waals surface area (Å²) in [5, 5.41) is 5.02. The smallest absolute Gasteiger partial charge is 0.0541 e. The fourth-order valence-electron chi connectivity index (χ4n) is 8.22. The third kappa shape index (κ3) is 5.70. The molecule has 0 bridgehead atoms. The Labute approximate surface area is 316 Å². The second-order valence-electron chi connectivity index (χ2n) is 14.1. The van der Waals surface area contributed by atoms with E-state index in [1.54, 1.807) is 0 Å². The first-order valence-corrected chi connectivity index (χ1v) is 18.8. The van der Waals surface area contributed by atoms with Crippen LogP contribution in [-0.2, 0) is 0 Å². The van der Waals surface area contributed by atoms with Crippen LogP contribution in [0.2, 0.25) is 0 Å². The second-order valence-corrected chi connectivity index (χ2v) is 14.1. The molecule has 0 saturated heterocycles. The van der Waals surface area contributed by atoms with Crippen LogP contribution >= 0.6 is 0 Å². The van der Waals surface area contributed by atoms with E-state index in [1.807, 2.05) is 0 Å². The summed E-state index contributed by atoms with van der Waals surface area (Å²) in [6, 6.07) is 68.7. The third-order valence-corrected chi connectivity index (χ3v) is 10.9. The summed E-state index contributed by atoms with van der Waals surface area (Å²) in [6.45, 7) is 0. The summed E-state index contributed by atoms with van der Waals surface area (Å²) < 4.78 is 2.40. The molecule has 1 unspecified atom stereocenters. The van der Waals surface area contributed by atoms with Crippen molar-refractivity contribution >= 4 is 49.6 Å². The second kappa shape index (κ2) is 13.6. The van der Waals surface area contributed by atoms with Crippen molar-refractivity contribution in [3.05, 3.63) is 218 Å². The minimum absolute atomic E-state index is 0.417. The SMILES string of the molecule is C1=CCC(c2ccc(-c3ccccc3N(c3ccc(-c4ccc5ccccc5c4)cc3)c3cccc(-n4c5ccccc5c5ccccc54)c3)cc2)C=C1. The molecular formula is C52H38N2. The molecule has 54 heavy (non-hydrogen) atoms. The zero-order valence-corrected chi connectivity index (χ0v) is 29.9. The molecule has 2 nitrogen and oxygen atoms in total. The van der Waals surface area contributed by atoms with Crippen LogP contribution in [0.3, 0.4) is 0 Å². The van der Waals surface area contributed by atoms with Crippen molar-refractivity contribution in [3.8, 4) is 27.9 Å². The summed E-state index contributed by atoms with van der Waals surface area (Å²) in [5.74, 6) is 0.417. The lowest BCUT2D eigenvalue weighted by Gasteiger charge is -2.28. The fourth-order valence-corrected chi connectivity index (χ4v) is 8.22. The number of nitrogens with zero attached hydrogens (tertiary/aromatic N) is 2. The maximum Gasteiger partial charge on any atom is 0.0541 e. The predicted octanol–water partition coefficient (Wildman–Crippen LogP) is 14.3. The molecule has 0 radical (unpaired) electrons. The van der Waals surface area contributed by atoms with Gasteiger partial charge >= 0.3 is 0 Å². The Morgan fingerprint density at radius 2 is 1.13 bits per heavy atom. The molecule has 0 spiro atoms. The van der Waals surface area contributed by atoms with Crippen molar-refractivity contribution in [2.75, 3.05) is 4.90 Å². The Bertz CT molecular complexity index is 2800. The monoisotopic (exact) mass is 690 g/mol. The Hall–Kier alpha value is -6.90. The van der Waals surface area contributed by atoms with Crippen LogP contribution in [0.15, 0.2) is 212 Å². The number of rotatable bonds is 7. The van der Waals surface area contributed by atoms with Crippen LogP contribution in [0.1, 0.15) is 17.9 Å². The zero-order valence-electron chi connectivity index (χ0n) is 29.9. The molecule has 256 valence electrons. The van der Waals surface area contributed by atoms with Gasteiger partial charge in [-0.15, -0.1) is 0 Å². The number of anilines is 3. The maximum atomic E-state index is 2.42. The van der Waals surface area contributed by atoms with Gasteiger partial charge in [-0.25, -0.2) is 0 Å². The van der Waals surface area contributed by atoms with Gasteiger partial charge in [-0.2, -0.15) is 0 Å². The number of benzene rings is 8. The highest BCUT2D eigenvalue weighted by Crippen LogP contribution is 2.43. The van der Waals surface area contributed by atoms with E-state index in [0.717, 1.165) is 29.2 Å². The summed E-state index contributed by atoms with van der Waals surface area (Å²) in [7, 11) is 0. The third-order valence-electron chi connectivity index (χ3n) is 10.9. The molecule has 1 heterocycles. The molecule has 1 aromatic heterocycles. The van der Waals surface area contributed by atoms with Gasteiger partial charge in [-0.05, 0) is 94.0 Å². The van der Waals surface area contributed by atoms with Gasteiger partial charge in [-0.3, -0.25) is 0 Å². The largest absolute Gasteiger partial charge is 0.310 e. The van der Waals surface area contributed by atoms with E-state index in [4.69, 9.17) is 0 Å². The van der Waals surface area contributed by atoms with Gasteiger partial charge in [0, 0.05) is 39.3 Å². The highest BCUT2D eigenvalue weighted by atomic mass is 15.1. The van der Waals surface area contributed by atoms with Crippen molar-refractivity contribution in [2.24, 2.45) is 0 Å². The molecule has 10 rings (SSSR count). The number of allylic oxidation sites excluding steroid dienone is 4. The van der Waals surface area contributed by atoms with Crippen LogP contribution in [0.25, 0.3) is 60.5 Å². The fraction of sp³-hybridized carbons (Fsp3) is 0.0385. The summed E-state index contributed by atoms with van der Waals surface area (Å²) in [6.07, 6.45) is 9.90. The quantitative estimate of drug-likeness (QED) is 0.162. The molecule has 0 fully saturated rings. The molecule has 1 atom stereocenters. The van der Waals surface area contributed by atoms with Crippen LogP contribution in [0, 0.1) is 0 Å². The highest BCUT2D eigenvalue weighted by Gasteiger charge is 2.20. The topological polar surface area (TPSA) is 8.17 Å². The number of para-hydroxylation sites is 3. The first-order valence-electron chi connectivity index (χ1n) is 18.8. The van der Waals surface area contributed by atoms with E-state index in [2.05, 4.69) is 222 Å². The molecule has 2 heteroatoms. The van der Waals surface area contributed by atoms with Gasteiger partial charge in [0.15, 0.2) is 0 Å². The van der Waals surface area contributed by atoms with E-state index < -0.39 is 0 Å². The highest BCUT2D eigenvalue weighted by molar-refractivity contribution is 6.09. The Balaban J connectivity index is 1.12. The van der Waals surface area contributed by atoms with Crippen molar-refractivity contribution in [1.29, 1.82) is 0 Å². The number of fused-ring (bicyclic) bond motifs is 4. The van der Waals surface area contributed by atoms with Gasteiger partial charge in [-0.1, -0.05) is 158 Å². The first-order chi connectivity index (χ1) is 26.8.